The molecule has 1 aliphatic rings. The van der Waals surface area contributed by atoms with Gasteiger partial charge in [0.2, 0.25) is 0 Å². The zero-order chi connectivity index (χ0) is 22.9. The molecule has 3 heterocycles. The summed E-state index contributed by atoms with van der Waals surface area (Å²) in [6.45, 7) is 3.09. The maximum atomic E-state index is 13.9. The Kier molecular flexibility index (Phi) is 6.29. The lowest BCUT2D eigenvalue weighted by Gasteiger charge is -2.20. The number of imidazole rings is 1. The lowest BCUT2D eigenvalue weighted by molar-refractivity contribution is 0.202. The Morgan fingerprint density at radius 1 is 1.21 bits per heavy atom. The largest absolute Gasteiger partial charge is 0.490 e. The molecule has 1 fully saturated rings. The number of alkyl halides is 1. The normalized spacial score (nSPS) is 19.4. The summed E-state index contributed by atoms with van der Waals surface area (Å²) < 4.78 is 36.9. The van der Waals surface area contributed by atoms with Crippen LogP contribution >= 0.6 is 15.9 Å². The minimum atomic E-state index is -0.916. The molecule has 0 spiro atoms. The van der Waals surface area contributed by atoms with Gasteiger partial charge in [-0.2, -0.15) is 0 Å². The van der Waals surface area contributed by atoms with Crippen molar-refractivity contribution in [2.75, 3.05) is 6.54 Å². The van der Waals surface area contributed by atoms with E-state index < -0.39 is 6.17 Å². The molecule has 33 heavy (non-hydrogen) atoms. The van der Waals surface area contributed by atoms with Crippen molar-refractivity contribution in [1.82, 2.24) is 19.9 Å². The summed E-state index contributed by atoms with van der Waals surface area (Å²) in [7, 11) is 0. The Balaban J connectivity index is 1.27. The van der Waals surface area contributed by atoms with E-state index in [4.69, 9.17) is 4.74 Å². The highest BCUT2D eigenvalue weighted by atomic mass is 79.9. The standard InChI is InChI=1S/C25H25BrF2N4O/c1-15(33-24-7-5-17(27)10-19(24)22-11-18(28)12-29-22)3-2-8-32-14-31-23-13-30-21-6-4-16(26)9-20(21)25(23)32/h4-7,9-10,13-15,18,22,29H,2-3,8,11-12H2,1H3/t15-,18-,22+/m0/s1. The number of nitrogens with one attached hydrogen (secondary N) is 1. The monoisotopic (exact) mass is 514 g/mol. The molecule has 0 amide bonds. The van der Waals surface area contributed by atoms with Crippen LogP contribution in [0.5, 0.6) is 5.75 Å². The number of halogens is 3. The Morgan fingerprint density at radius 3 is 2.91 bits per heavy atom. The van der Waals surface area contributed by atoms with Crippen molar-refractivity contribution < 1.29 is 13.5 Å². The number of ether oxygens (including phenoxy) is 1. The molecule has 0 unspecified atom stereocenters. The van der Waals surface area contributed by atoms with E-state index in [-0.39, 0.29) is 24.5 Å². The van der Waals surface area contributed by atoms with Crippen LogP contribution in [0.15, 0.2) is 53.4 Å². The van der Waals surface area contributed by atoms with Crippen LogP contribution in [0.4, 0.5) is 8.78 Å². The van der Waals surface area contributed by atoms with Crippen LogP contribution in [0, 0.1) is 5.82 Å². The summed E-state index contributed by atoms with van der Waals surface area (Å²) in [4.78, 5) is 9.01. The van der Waals surface area contributed by atoms with E-state index in [1.165, 1.54) is 12.1 Å². The van der Waals surface area contributed by atoms with Crippen molar-refractivity contribution in [2.24, 2.45) is 0 Å². The molecule has 8 heteroatoms. The number of nitrogens with zero attached hydrogens (tertiary/aromatic N) is 3. The van der Waals surface area contributed by atoms with Gasteiger partial charge in [0.15, 0.2) is 0 Å². The third-order valence-corrected chi connectivity index (χ3v) is 6.66. The number of aryl methyl sites for hydroxylation is 1. The van der Waals surface area contributed by atoms with E-state index >= 15 is 0 Å². The van der Waals surface area contributed by atoms with Crippen LogP contribution < -0.4 is 10.1 Å². The van der Waals surface area contributed by atoms with Crippen LogP contribution in [-0.4, -0.2) is 33.4 Å². The van der Waals surface area contributed by atoms with Crippen LogP contribution in [0.3, 0.4) is 0 Å². The topological polar surface area (TPSA) is 52.0 Å². The summed E-state index contributed by atoms with van der Waals surface area (Å²) in [5.41, 5.74) is 3.57. The van der Waals surface area contributed by atoms with Crippen molar-refractivity contribution in [3.05, 3.63) is 64.8 Å². The number of fused-ring (bicyclic) bond motifs is 3. The van der Waals surface area contributed by atoms with Crippen LogP contribution in [-0.2, 0) is 6.54 Å². The van der Waals surface area contributed by atoms with Gasteiger partial charge in [-0.25, -0.2) is 13.8 Å². The van der Waals surface area contributed by atoms with Crippen LogP contribution in [0.2, 0.25) is 0 Å². The fourth-order valence-corrected chi connectivity index (χ4v) is 4.91. The number of hydrogen-bond acceptors (Lipinski definition) is 4. The third kappa shape index (κ3) is 4.73. The Labute approximate surface area is 199 Å². The molecule has 5 nitrogen and oxygen atoms in total. The van der Waals surface area contributed by atoms with E-state index in [9.17, 15) is 8.78 Å². The van der Waals surface area contributed by atoms with Gasteiger partial charge >= 0.3 is 0 Å². The molecule has 3 atom stereocenters. The molecular formula is C25H25BrF2N4O. The molecule has 2 aromatic carbocycles. The second kappa shape index (κ2) is 9.35. The van der Waals surface area contributed by atoms with E-state index in [0.29, 0.717) is 17.7 Å². The molecule has 2 aromatic heterocycles. The van der Waals surface area contributed by atoms with Crippen LogP contribution in [0.25, 0.3) is 21.9 Å². The van der Waals surface area contributed by atoms with E-state index in [0.717, 1.165) is 45.8 Å². The van der Waals surface area contributed by atoms with Crippen molar-refractivity contribution in [3.63, 3.8) is 0 Å². The summed E-state index contributed by atoms with van der Waals surface area (Å²) in [6.07, 6.45) is 4.71. The lowest BCUT2D eigenvalue weighted by Crippen LogP contribution is -2.18. The molecule has 172 valence electrons. The van der Waals surface area contributed by atoms with E-state index in [2.05, 4.69) is 41.8 Å². The maximum Gasteiger partial charge on any atom is 0.124 e. The van der Waals surface area contributed by atoms with Gasteiger partial charge in [-0.3, -0.25) is 4.98 Å². The highest BCUT2D eigenvalue weighted by molar-refractivity contribution is 9.10. The fraction of sp³-hybridized carbons (Fsp3) is 0.360. The second-order valence-corrected chi connectivity index (χ2v) is 9.55. The zero-order valence-corrected chi connectivity index (χ0v) is 19.9. The van der Waals surface area contributed by atoms with Crippen molar-refractivity contribution in [1.29, 1.82) is 0 Å². The molecule has 0 saturated carbocycles. The highest BCUT2D eigenvalue weighted by Crippen LogP contribution is 2.33. The zero-order valence-electron chi connectivity index (χ0n) is 18.3. The van der Waals surface area contributed by atoms with Gasteiger partial charge in [0.25, 0.3) is 0 Å². The van der Waals surface area contributed by atoms with Crippen LogP contribution in [0.1, 0.15) is 37.8 Å². The average Bonchev–Trinajstić information content (AvgIpc) is 3.41. The Morgan fingerprint density at radius 2 is 2.09 bits per heavy atom. The van der Waals surface area contributed by atoms with Gasteiger partial charge in [0.05, 0.1) is 29.7 Å². The van der Waals surface area contributed by atoms with E-state index in [1.54, 1.807) is 6.07 Å². The highest BCUT2D eigenvalue weighted by Gasteiger charge is 2.28. The number of benzene rings is 2. The second-order valence-electron chi connectivity index (χ2n) is 8.64. The number of hydrogen-bond donors (Lipinski definition) is 1. The third-order valence-electron chi connectivity index (χ3n) is 6.17. The minimum absolute atomic E-state index is 0.0703. The minimum Gasteiger partial charge on any atom is -0.490 e. The average molecular weight is 515 g/mol. The first-order chi connectivity index (χ1) is 16.0. The van der Waals surface area contributed by atoms with Crippen molar-refractivity contribution in [2.45, 2.75) is 51.0 Å². The van der Waals surface area contributed by atoms with Gasteiger partial charge in [0, 0.05) is 34.6 Å². The van der Waals surface area contributed by atoms with Gasteiger partial charge in [0.1, 0.15) is 23.3 Å². The predicted molar refractivity (Wildman–Crippen MR) is 129 cm³/mol. The first kappa shape index (κ1) is 22.2. The Bertz CT molecular complexity index is 1290. The SMILES string of the molecule is C[C@@H](CCCn1cnc2cnc3ccc(Br)cc3c21)Oc1ccc(F)cc1[C@H]1C[C@H](F)CN1. The molecule has 1 N–H and O–H groups in total. The Hall–Kier alpha value is -2.58. The van der Waals surface area contributed by atoms with Crippen molar-refractivity contribution >= 4 is 37.9 Å². The lowest BCUT2D eigenvalue weighted by atomic mass is 10.0. The summed E-state index contributed by atoms with van der Waals surface area (Å²) in [5, 5.41) is 4.19. The summed E-state index contributed by atoms with van der Waals surface area (Å²) in [6, 6.07) is 10.3. The molecule has 1 saturated heterocycles. The summed E-state index contributed by atoms with van der Waals surface area (Å²) >= 11 is 3.55. The molecule has 5 rings (SSSR count). The van der Waals surface area contributed by atoms with Gasteiger partial charge in [-0.1, -0.05) is 15.9 Å². The van der Waals surface area contributed by atoms with E-state index in [1.807, 2.05) is 31.6 Å². The fourth-order valence-electron chi connectivity index (χ4n) is 4.55. The molecule has 0 radical (unpaired) electrons. The first-order valence-corrected chi connectivity index (χ1v) is 12.0. The quantitative estimate of drug-likeness (QED) is 0.323. The maximum absolute atomic E-state index is 13.9. The summed E-state index contributed by atoms with van der Waals surface area (Å²) in [5.74, 6) is 0.278. The van der Waals surface area contributed by atoms with Gasteiger partial charge in [-0.05, 0) is 62.6 Å². The van der Waals surface area contributed by atoms with Crippen molar-refractivity contribution in [3.8, 4) is 5.75 Å². The number of rotatable bonds is 7. The molecular weight excluding hydrogens is 490 g/mol. The molecule has 0 bridgehead atoms. The number of aromatic nitrogens is 3. The predicted octanol–water partition coefficient (Wildman–Crippen LogP) is 6.11. The van der Waals surface area contributed by atoms with Gasteiger partial charge < -0.3 is 14.6 Å². The molecule has 4 aromatic rings. The number of pyridine rings is 1. The molecule has 1 aliphatic heterocycles. The van der Waals surface area contributed by atoms with Gasteiger partial charge in [-0.15, -0.1) is 0 Å². The smallest absolute Gasteiger partial charge is 0.124 e. The first-order valence-electron chi connectivity index (χ1n) is 11.2. The molecule has 0 aliphatic carbocycles.